The van der Waals surface area contributed by atoms with Gasteiger partial charge in [-0.1, -0.05) is 41.7 Å². The lowest BCUT2D eigenvalue weighted by Crippen LogP contribution is -2.23. The molecule has 0 aliphatic carbocycles. The van der Waals surface area contributed by atoms with Crippen molar-refractivity contribution in [3.8, 4) is 11.4 Å². The maximum absolute atomic E-state index is 12.7. The van der Waals surface area contributed by atoms with Crippen LogP contribution >= 0.6 is 11.3 Å². The summed E-state index contributed by atoms with van der Waals surface area (Å²) in [5.41, 5.74) is 1.33. The molecule has 0 saturated carbocycles. The fourth-order valence-electron chi connectivity index (χ4n) is 2.48. The highest BCUT2D eigenvalue weighted by Gasteiger charge is 2.13. The number of benzene rings is 2. The topological polar surface area (TPSA) is 90.4 Å². The van der Waals surface area contributed by atoms with Crippen molar-refractivity contribution in [3.05, 3.63) is 85.2 Å². The molecular weight excluding hydrogens is 340 g/mol. The van der Waals surface area contributed by atoms with Crippen LogP contribution in [0.1, 0.15) is 5.56 Å². The third-order valence-corrected chi connectivity index (χ3v) is 4.64. The highest BCUT2D eigenvalue weighted by molar-refractivity contribution is 7.15. The SMILES string of the molecule is O=c1c(=Cc2ccc([N+](=O)[O-])cc2)sc2nnc(-c3ccccc3)n12. The summed E-state index contributed by atoms with van der Waals surface area (Å²) in [5, 5.41) is 18.9. The fraction of sp³-hybridized carbons (Fsp3) is 0. The van der Waals surface area contributed by atoms with Gasteiger partial charge in [-0.25, -0.2) is 4.40 Å². The number of fused-ring (bicyclic) bond motifs is 1. The van der Waals surface area contributed by atoms with E-state index in [0.717, 1.165) is 5.56 Å². The third-order valence-electron chi connectivity index (χ3n) is 3.68. The molecule has 0 aliphatic heterocycles. The molecule has 0 amide bonds. The van der Waals surface area contributed by atoms with E-state index in [4.69, 9.17) is 0 Å². The summed E-state index contributed by atoms with van der Waals surface area (Å²) in [6, 6.07) is 15.4. The van der Waals surface area contributed by atoms with Crippen LogP contribution in [0, 0.1) is 10.1 Å². The molecule has 8 heteroatoms. The first-order valence-corrected chi connectivity index (χ1v) is 8.15. The molecule has 0 fully saturated rings. The van der Waals surface area contributed by atoms with Gasteiger partial charge in [0.2, 0.25) is 4.96 Å². The maximum Gasteiger partial charge on any atom is 0.276 e. The fourth-order valence-corrected chi connectivity index (χ4v) is 3.39. The Hall–Kier alpha value is -3.39. The highest BCUT2D eigenvalue weighted by Crippen LogP contribution is 2.17. The van der Waals surface area contributed by atoms with Crippen LogP contribution in [0.25, 0.3) is 22.4 Å². The summed E-state index contributed by atoms with van der Waals surface area (Å²) < 4.78 is 1.98. The summed E-state index contributed by atoms with van der Waals surface area (Å²) in [5.74, 6) is 0.500. The number of aromatic nitrogens is 3. The summed E-state index contributed by atoms with van der Waals surface area (Å²) in [6.07, 6.45) is 1.69. The zero-order valence-corrected chi connectivity index (χ0v) is 13.5. The molecule has 0 N–H and O–H groups in total. The van der Waals surface area contributed by atoms with Gasteiger partial charge in [0.1, 0.15) is 0 Å². The van der Waals surface area contributed by atoms with E-state index in [2.05, 4.69) is 10.2 Å². The minimum absolute atomic E-state index is 0.0102. The van der Waals surface area contributed by atoms with Crippen LogP contribution in [-0.4, -0.2) is 19.5 Å². The summed E-state index contributed by atoms with van der Waals surface area (Å²) in [6.45, 7) is 0. The van der Waals surface area contributed by atoms with E-state index in [1.54, 1.807) is 18.2 Å². The van der Waals surface area contributed by atoms with Crippen molar-refractivity contribution in [1.82, 2.24) is 14.6 Å². The van der Waals surface area contributed by atoms with E-state index < -0.39 is 4.92 Å². The van der Waals surface area contributed by atoms with Gasteiger partial charge in [-0.05, 0) is 23.8 Å². The average molecular weight is 350 g/mol. The summed E-state index contributed by atoms with van der Waals surface area (Å²) >= 11 is 1.23. The largest absolute Gasteiger partial charge is 0.276 e. The van der Waals surface area contributed by atoms with Gasteiger partial charge in [-0.2, -0.15) is 0 Å². The van der Waals surface area contributed by atoms with Crippen LogP contribution in [0.3, 0.4) is 0 Å². The van der Waals surface area contributed by atoms with Gasteiger partial charge in [0, 0.05) is 17.7 Å². The first-order chi connectivity index (χ1) is 12.1. The minimum Gasteiger partial charge on any atom is -0.267 e. The van der Waals surface area contributed by atoms with E-state index in [9.17, 15) is 14.9 Å². The third kappa shape index (κ3) is 2.68. The molecule has 2 aromatic carbocycles. The van der Waals surface area contributed by atoms with E-state index >= 15 is 0 Å². The molecule has 7 nitrogen and oxygen atoms in total. The molecular formula is C17H10N4O3S. The lowest BCUT2D eigenvalue weighted by atomic mass is 10.2. The van der Waals surface area contributed by atoms with Crippen LogP contribution in [0.5, 0.6) is 0 Å². The van der Waals surface area contributed by atoms with Crippen molar-refractivity contribution in [1.29, 1.82) is 0 Å². The second-order valence-corrected chi connectivity index (χ2v) is 6.28. The molecule has 4 rings (SSSR count). The zero-order valence-electron chi connectivity index (χ0n) is 12.7. The number of thiazole rings is 1. The van der Waals surface area contributed by atoms with Crippen LogP contribution in [0.4, 0.5) is 5.69 Å². The smallest absolute Gasteiger partial charge is 0.267 e. The number of hydrogen-bond donors (Lipinski definition) is 0. The number of nitrogens with zero attached hydrogens (tertiary/aromatic N) is 4. The first-order valence-electron chi connectivity index (χ1n) is 7.33. The summed E-state index contributed by atoms with van der Waals surface area (Å²) in [7, 11) is 0. The molecule has 0 saturated heterocycles. The zero-order chi connectivity index (χ0) is 17.4. The van der Waals surface area contributed by atoms with Crippen molar-refractivity contribution >= 4 is 28.1 Å². The number of non-ortho nitro benzene ring substituents is 1. The number of hydrogen-bond acceptors (Lipinski definition) is 6. The van der Waals surface area contributed by atoms with Crippen molar-refractivity contribution in [2.45, 2.75) is 0 Å². The number of nitro groups is 1. The standard InChI is InChI=1S/C17H10N4O3S/c22-16-14(10-11-6-8-13(9-7-11)21(23)24)25-17-19-18-15(20(16)17)12-4-2-1-3-5-12/h1-10H. The molecule has 0 spiro atoms. The number of rotatable bonds is 3. The van der Waals surface area contributed by atoms with Gasteiger partial charge in [0.05, 0.1) is 9.46 Å². The van der Waals surface area contributed by atoms with Crippen LogP contribution < -0.4 is 10.1 Å². The predicted octanol–water partition coefficient (Wildman–Crippen LogP) is 2.27. The monoisotopic (exact) mass is 350 g/mol. The van der Waals surface area contributed by atoms with Gasteiger partial charge in [-0.3, -0.25) is 14.9 Å². The molecule has 0 unspecified atom stereocenters. The van der Waals surface area contributed by atoms with Gasteiger partial charge in [0.15, 0.2) is 5.82 Å². The van der Waals surface area contributed by atoms with Crippen LogP contribution in [0.15, 0.2) is 59.4 Å². The summed E-state index contributed by atoms with van der Waals surface area (Å²) in [4.78, 5) is 23.5. The Balaban J connectivity index is 1.84. The Morgan fingerprint density at radius 2 is 1.76 bits per heavy atom. The Kier molecular flexibility index (Phi) is 3.58. The second kappa shape index (κ2) is 5.91. The Morgan fingerprint density at radius 3 is 2.44 bits per heavy atom. The second-order valence-electron chi connectivity index (χ2n) is 5.27. The van der Waals surface area contributed by atoms with Crippen molar-refractivity contribution in [2.24, 2.45) is 0 Å². The van der Waals surface area contributed by atoms with Crippen LogP contribution in [0.2, 0.25) is 0 Å². The molecule has 0 radical (unpaired) electrons. The van der Waals surface area contributed by atoms with E-state index in [1.165, 1.54) is 27.9 Å². The van der Waals surface area contributed by atoms with E-state index in [0.29, 0.717) is 20.9 Å². The van der Waals surface area contributed by atoms with Crippen molar-refractivity contribution in [3.63, 3.8) is 0 Å². The quantitative estimate of drug-likeness (QED) is 0.418. The van der Waals surface area contributed by atoms with E-state index in [-0.39, 0.29) is 11.2 Å². The first kappa shape index (κ1) is 15.2. The predicted molar refractivity (Wildman–Crippen MR) is 94.5 cm³/mol. The average Bonchev–Trinajstić information content (AvgIpc) is 3.17. The van der Waals surface area contributed by atoms with Gasteiger partial charge in [-0.15, -0.1) is 10.2 Å². The van der Waals surface area contributed by atoms with Gasteiger partial charge >= 0.3 is 0 Å². The normalized spacial score (nSPS) is 11.9. The molecule has 0 atom stereocenters. The molecule has 122 valence electrons. The molecule has 2 heterocycles. The number of nitro benzene ring substituents is 1. The molecule has 0 aliphatic rings. The Bertz CT molecular complexity index is 1180. The van der Waals surface area contributed by atoms with Gasteiger partial charge in [0.25, 0.3) is 11.2 Å². The highest BCUT2D eigenvalue weighted by atomic mass is 32.1. The van der Waals surface area contributed by atoms with Crippen molar-refractivity contribution in [2.75, 3.05) is 0 Å². The van der Waals surface area contributed by atoms with Crippen molar-refractivity contribution < 1.29 is 4.92 Å². The van der Waals surface area contributed by atoms with Gasteiger partial charge < -0.3 is 0 Å². The lowest BCUT2D eigenvalue weighted by Gasteiger charge is -1.95. The lowest BCUT2D eigenvalue weighted by molar-refractivity contribution is -0.384. The Labute approximate surface area is 144 Å². The Morgan fingerprint density at radius 1 is 1.04 bits per heavy atom. The minimum atomic E-state index is -0.459. The molecule has 0 bridgehead atoms. The molecule has 4 aromatic rings. The molecule has 2 aromatic heterocycles. The molecule has 25 heavy (non-hydrogen) atoms. The maximum atomic E-state index is 12.7. The van der Waals surface area contributed by atoms with Crippen LogP contribution in [-0.2, 0) is 0 Å². The van der Waals surface area contributed by atoms with E-state index in [1.807, 2.05) is 30.3 Å².